The van der Waals surface area contributed by atoms with Crippen LogP contribution >= 0.6 is 0 Å². The largest absolute Gasteiger partial charge is 0.461 e. The Morgan fingerprint density at radius 2 is 1.93 bits per heavy atom. The number of para-hydroxylation sites is 1. The summed E-state index contributed by atoms with van der Waals surface area (Å²) in [4.78, 5) is 25.4. The summed E-state index contributed by atoms with van der Waals surface area (Å²) < 4.78 is 6.99. The van der Waals surface area contributed by atoms with Crippen molar-refractivity contribution in [3.8, 4) is 0 Å². The molecule has 152 valence electrons. The molecule has 8 heteroatoms. The SMILES string of the molecule is CCOC(=O)C1=NN(c2ccccc2)C(C(=O)Nc2ccnn2C2CCCC2)C1. The molecule has 4 rings (SSSR count). The number of aromatic nitrogens is 2. The van der Waals surface area contributed by atoms with E-state index in [1.54, 1.807) is 18.1 Å². The lowest BCUT2D eigenvalue weighted by Crippen LogP contribution is -2.39. The topological polar surface area (TPSA) is 88.8 Å². The Hall–Kier alpha value is -3.16. The summed E-state index contributed by atoms with van der Waals surface area (Å²) in [5.74, 6) is -0.0316. The maximum absolute atomic E-state index is 13.2. The first-order chi connectivity index (χ1) is 14.2. The second kappa shape index (κ2) is 8.46. The van der Waals surface area contributed by atoms with Gasteiger partial charge in [-0.2, -0.15) is 10.2 Å². The van der Waals surface area contributed by atoms with Crippen molar-refractivity contribution in [2.24, 2.45) is 5.10 Å². The number of benzene rings is 1. The first kappa shape index (κ1) is 19.2. The minimum Gasteiger partial charge on any atom is -0.461 e. The fourth-order valence-electron chi connectivity index (χ4n) is 3.93. The summed E-state index contributed by atoms with van der Waals surface area (Å²) >= 11 is 0. The Kier molecular flexibility index (Phi) is 5.59. The maximum Gasteiger partial charge on any atom is 0.354 e. The second-order valence-electron chi connectivity index (χ2n) is 7.26. The molecule has 0 bridgehead atoms. The second-order valence-corrected chi connectivity index (χ2v) is 7.26. The van der Waals surface area contributed by atoms with Gasteiger partial charge in [-0.3, -0.25) is 9.80 Å². The van der Waals surface area contributed by atoms with Crippen molar-refractivity contribution < 1.29 is 14.3 Å². The number of esters is 1. The van der Waals surface area contributed by atoms with E-state index in [2.05, 4.69) is 15.5 Å². The van der Waals surface area contributed by atoms with Crippen molar-refractivity contribution in [1.82, 2.24) is 9.78 Å². The molecular formula is C21H25N5O3. The lowest BCUT2D eigenvalue weighted by atomic mass is 10.1. The van der Waals surface area contributed by atoms with Gasteiger partial charge in [-0.1, -0.05) is 31.0 Å². The van der Waals surface area contributed by atoms with Gasteiger partial charge in [0.1, 0.15) is 17.6 Å². The van der Waals surface area contributed by atoms with Crippen LogP contribution < -0.4 is 10.3 Å². The normalized spacial score (nSPS) is 19.3. The van der Waals surface area contributed by atoms with E-state index in [0.29, 0.717) is 11.9 Å². The van der Waals surface area contributed by atoms with Gasteiger partial charge in [0.15, 0.2) is 0 Å². The molecule has 2 heterocycles. The third-order valence-corrected chi connectivity index (χ3v) is 5.34. The predicted molar refractivity (Wildman–Crippen MR) is 110 cm³/mol. The number of carbonyl (C=O) groups excluding carboxylic acids is 2. The Balaban J connectivity index is 1.55. The first-order valence-electron chi connectivity index (χ1n) is 10.1. The highest BCUT2D eigenvalue weighted by Gasteiger charge is 2.37. The first-order valence-corrected chi connectivity index (χ1v) is 10.1. The monoisotopic (exact) mass is 395 g/mol. The van der Waals surface area contributed by atoms with Gasteiger partial charge in [-0.05, 0) is 31.9 Å². The van der Waals surface area contributed by atoms with Gasteiger partial charge >= 0.3 is 5.97 Å². The molecule has 29 heavy (non-hydrogen) atoms. The summed E-state index contributed by atoms with van der Waals surface area (Å²) in [7, 11) is 0. The van der Waals surface area contributed by atoms with Gasteiger partial charge in [0, 0.05) is 12.5 Å². The summed E-state index contributed by atoms with van der Waals surface area (Å²) in [5.41, 5.74) is 0.997. The minimum atomic E-state index is -0.635. The summed E-state index contributed by atoms with van der Waals surface area (Å²) in [5, 5.41) is 13.4. The molecule has 1 atom stereocenters. The molecule has 1 amide bonds. The number of hydrogen-bond acceptors (Lipinski definition) is 6. The number of nitrogens with one attached hydrogen (secondary N) is 1. The van der Waals surface area contributed by atoms with Crippen LogP contribution in [0.3, 0.4) is 0 Å². The molecule has 1 unspecified atom stereocenters. The molecule has 1 N–H and O–H groups in total. The van der Waals surface area contributed by atoms with Crippen LogP contribution in [0.15, 0.2) is 47.7 Å². The van der Waals surface area contributed by atoms with Crippen LogP contribution in [-0.2, 0) is 14.3 Å². The molecule has 2 aromatic rings. The summed E-state index contributed by atoms with van der Waals surface area (Å²) in [6.45, 7) is 2.01. The van der Waals surface area contributed by atoms with Crippen LogP contribution in [0.1, 0.15) is 45.1 Å². The van der Waals surface area contributed by atoms with E-state index in [4.69, 9.17) is 4.74 Å². The smallest absolute Gasteiger partial charge is 0.354 e. The predicted octanol–water partition coefficient (Wildman–Crippen LogP) is 3.13. The van der Waals surface area contributed by atoms with Crippen molar-refractivity contribution in [1.29, 1.82) is 0 Å². The number of nitrogens with zero attached hydrogens (tertiary/aromatic N) is 4. The Bertz CT molecular complexity index is 902. The van der Waals surface area contributed by atoms with E-state index in [1.807, 2.05) is 41.1 Å². The minimum absolute atomic E-state index is 0.192. The third kappa shape index (κ3) is 4.01. The molecular weight excluding hydrogens is 370 g/mol. The summed E-state index contributed by atoms with van der Waals surface area (Å²) in [6, 6.07) is 10.9. The molecule has 0 spiro atoms. The molecule has 8 nitrogen and oxygen atoms in total. The molecule has 0 radical (unpaired) electrons. The highest BCUT2D eigenvalue weighted by Crippen LogP contribution is 2.32. The number of hydrazone groups is 1. The summed E-state index contributed by atoms with van der Waals surface area (Å²) in [6.07, 6.45) is 6.40. The van der Waals surface area contributed by atoms with Crippen molar-refractivity contribution in [3.05, 3.63) is 42.6 Å². The molecule has 1 aliphatic carbocycles. The number of ether oxygens (including phenoxy) is 1. The quantitative estimate of drug-likeness (QED) is 0.759. The molecule has 1 saturated carbocycles. The van der Waals surface area contributed by atoms with E-state index in [0.717, 1.165) is 18.5 Å². The third-order valence-electron chi connectivity index (χ3n) is 5.34. The van der Waals surface area contributed by atoms with Gasteiger partial charge in [0.05, 0.1) is 24.5 Å². The van der Waals surface area contributed by atoms with Crippen molar-refractivity contribution >= 4 is 29.1 Å². The van der Waals surface area contributed by atoms with Crippen molar-refractivity contribution in [3.63, 3.8) is 0 Å². The Morgan fingerprint density at radius 1 is 1.17 bits per heavy atom. The molecule has 1 aromatic carbocycles. The highest BCUT2D eigenvalue weighted by atomic mass is 16.5. The molecule has 1 aromatic heterocycles. The van der Waals surface area contributed by atoms with E-state index in [1.165, 1.54) is 12.8 Å². The lowest BCUT2D eigenvalue weighted by Gasteiger charge is -2.23. The fraction of sp³-hybridized carbons (Fsp3) is 0.429. The van der Waals surface area contributed by atoms with Gasteiger partial charge in [0.2, 0.25) is 0 Å². The van der Waals surface area contributed by atoms with Gasteiger partial charge in [-0.15, -0.1) is 0 Å². The fourth-order valence-corrected chi connectivity index (χ4v) is 3.93. The lowest BCUT2D eigenvalue weighted by molar-refractivity contribution is -0.135. The Morgan fingerprint density at radius 3 is 2.66 bits per heavy atom. The van der Waals surface area contributed by atoms with Crippen LogP contribution in [0.2, 0.25) is 0 Å². The molecule has 2 aliphatic rings. The van der Waals surface area contributed by atoms with Gasteiger partial charge < -0.3 is 10.1 Å². The Labute approximate surface area is 169 Å². The van der Waals surface area contributed by atoms with Crippen LogP contribution in [0.25, 0.3) is 0 Å². The molecule has 1 fully saturated rings. The van der Waals surface area contributed by atoms with E-state index >= 15 is 0 Å². The van der Waals surface area contributed by atoms with Crippen LogP contribution in [-0.4, -0.2) is 40.0 Å². The number of rotatable bonds is 6. The maximum atomic E-state index is 13.2. The zero-order valence-corrected chi connectivity index (χ0v) is 16.5. The van der Waals surface area contributed by atoms with E-state index in [-0.39, 0.29) is 24.6 Å². The standard InChI is InChI=1S/C21H25N5O3/c1-2-29-21(28)17-14-18(25(24-17)15-8-4-3-5-9-15)20(27)23-19-12-13-22-26(19)16-10-6-7-11-16/h3-5,8-9,12-13,16,18H,2,6-7,10-11,14H2,1H3,(H,23,27). The van der Waals surface area contributed by atoms with Crippen molar-refractivity contribution in [2.75, 3.05) is 16.9 Å². The highest BCUT2D eigenvalue weighted by molar-refractivity contribution is 6.38. The molecule has 0 saturated heterocycles. The average Bonchev–Trinajstić information content (AvgIpc) is 3.48. The number of carbonyl (C=O) groups is 2. The number of anilines is 2. The van der Waals surface area contributed by atoms with E-state index < -0.39 is 12.0 Å². The average molecular weight is 395 g/mol. The van der Waals surface area contributed by atoms with E-state index in [9.17, 15) is 9.59 Å². The van der Waals surface area contributed by atoms with Gasteiger partial charge in [0.25, 0.3) is 5.91 Å². The zero-order chi connectivity index (χ0) is 20.2. The van der Waals surface area contributed by atoms with Crippen LogP contribution in [0.4, 0.5) is 11.5 Å². The van der Waals surface area contributed by atoms with Crippen molar-refractivity contribution in [2.45, 2.75) is 51.1 Å². The van der Waals surface area contributed by atoms with Crippen LogP contribution in [0.5, 0.6) is 0 Å². The zero-order valence-electron chi connectivity index (χ0n) is 16.5. The van der Waals surface area contributed by atoms with Crippen LogP contribution in [0, 0.1) is 0 Å². The molecule has 1 aliphatic heterocycles. The number of amides is 1. The van der Waals surface area contributed by atoms with Gasteiger partial charge in [-0.25, -0.2) is 9.48 Å². The number of hydrogen-bond donors (Lipinski definition) is 1.